The zero-order valence-electron chi connectivity index (χ0n) is 18.2. The van der Waals surface area contributed by atoms with Crippen LogP contribution in [0.2, 0.25) is 0 Å². The number of carbonyl (C=O) groups is 1. The van der Waals surface area contributed by atoms with E-state index in [1.165, 1.54) is 0 Å². The summed E-state index contributed by atoms with van der Waals surface area (Å²) in [5.74, 6) is 1.30. The lowest BCUT2D eigenvalue weighted by molar-refractivity contribution is -0.141. The molecule has 2 aromatic heterocycles. The molecule has 0 bridgehead atoms. The van der Waals surface area contributed by atoms with E-state index in [1.54, 1.807) is 0 Å². The molecule has 0 saturated heterocycles. The van der Waals surface area contributed by atoms with Crippen LogP contribution in [0.1, 0.15) is 38.1 Å². The van der Waals surface area contributed by atoms with Crippen molar-refractivity contribution in [1.82, 2.24) is 19.9 Å². The van der Waals surface area contributed by atoms with Crippen LogP contribution in [0.4, 0.5) is 36.4 Å². The van der Waals surface area contributed by atoms with Gasteiger partial charge in [0.15, 0.2) is 5.82 Å². The summed E-state index contributed by atoms with van der Waals surface area (Å²) in [6, 6.07) is 0.635. The quantitative estimate of drug-likeness (QED) is 0.638. The Balaban J connectivity index is 1.40. The minimum absolute atomic E-state index is 0.0190. The van der Waals surface area contributed by atoms with Gasteiger partial charge in [-0.3, -0.25) is 4.79 Å². The van der Waals surface area contributed by atoms with Crippen molar-refractivity contribution in [1.29, 1.82) is 0 Å². The zero-order chi connectivity index (χ0) is 23.2. The summed E-state index contributed by atoms with van der Waals surface area (Å²) >= 11 is 0. The number of fused-ring (bicyclic) bond motifs is 1. The predicted molar refractivity (Wildman–Crippen MR) is 114 cm³/mol. The largest absolute Gasteiger partial charge is 0.433 e. The SMILES string of the molecule is Cc1nc(N[C@H]2C[C@H](Nc3cc(C(F)(F)F)ncn3)C2)nc2c1NC(=O)[C@H](C(C)C)N2C. The first-order chi connectivity index (χ1) is 15.0. The molecular formula is C20H25F3N8O. The fourth-order valence-corrected chi connectivity index (χ4v) is 4.12. The monoisotopic (exact) mass is 450 g/mol. The second-order valence-electron chi connectivity index (χ2n) is 8.56. The Kier molecular flexibility index (Phi) is 5.55. The number of anilines is 4. The van der Waals surface area contributed by atoms with Gasteiger partial charge in [0.2, 0.25) is 11.9 Å². The van der Waals surface area contributed by atoms with E-state index < -0.39 is 11.9 Å². The molecule has 2 aliphatic rings. The Morgan fingerprint density at radius 2 is 1.84 bits per heavy atom. The van der Waals surface area contributed by atoms with E-state index in [9.17, 15) is 18.0 Å². The molecule has 0 unspecified atom stereocenters. The molecule has 3 N–H and O–H groups in total. The standard InChI is InChI=1S/C20H25F3N8O/c1-9(2)16-18(32)29-15-10(3)26-19(30-17(15)31(16)4)28-12-5-11(6-12)27-14-7-13(20(21,22)23)24-8-25-14/h7-9,11-12,16H,5-6H2,1-4H3,(H,29,32)(H,24,25,27)(H,26,28,30)/t11-,12-,16-/m0/s1. The van der Waals surface area contributed by atoms with Crippen LogP contribution < -0.4 is 20.9 Å². The minimum Gasteiger partial charge on any atom is -0.367 e. The van der Waals surface area contributed by atoms with Crippen LogP contribution in [0.3, 0.4) is 0 Å². The van der Waals surface area contributed by atoms with Crippen molar-refractivity contribution in [2.75, 3.05) is 27.9 Å². The molecule has 172 valence electrons. The average Bonchev–Trinajstić information content (AvgIpc) is 2.66. The fraction of sp³-hybridized carbons (Fsp3) is 0.550. The third-order valence-electron chi connectivity index (χ3n) is 5.75. The summed E-state index contributed by atoms with van der Waals surface area (Å²) in [6.45, 7) is 5.78. The number of rotatable bonds is 5. The third-order valence-corrected chi connectivity index (χ3v) is 5.75. The van der Waals surface area contributed by atoms with E-state index in [4.69, 9.17) is 0 Å². The number of hydrogen-bond acceptors (Lipinski definition) is 8. The molecule has 1 amide bonds. The summed E-state index contributed by atoms with van der Waals surface area (Å²) in [6.07, 6.45) is -2.26. The van der Waals surface area contributed by atoms with E-state index in [0.717, 1.165) is 12.4 Å². The van der Waals surface area contributed by atoms with Crippen molar-refractivity contribution in [3.05, 3.63) is 23.8 Å². The van der Waals surface area contributed by atoms with E-state index >= 15 is 0 Å². The molecule has 1 aliphatic heterocycles. The first-order valence-corrected chi connectivity index (χ1v) is 10.4. The van der Waals surface area contributed by atoms with E-state index in [0.29, 0.717) is 36.0 Å². The van der Waals surface area contributed by atoms with Gasteiger partial charge in [0.05, 0.1) is 5.69 Å². The zero-order valence-corrected chi connectivity index (χ0v) is 18.2. The van der Waals surface area contributed by atoms with E-state index in [2.05, 4.69) is 35.9 Å². The van der Waals surface area contributed by atoms with Gasteiger partial charge in [0.1, 0.15) is 29.6 Å². The van der Waals surface area contributed by atoms with Crippen molar-refractivity contribution >= 4 is 29.2 Å². The second kappa shape index (κ2) is 8.06. The molecule has 2 aromatic rings. The lowest BCUT2D eigenvalue weighted by Gasteiger charge is -2.38. The minimum atomic E-state index is -4.51. The first-order valence-electron chi connectivity index (χ1n) is 10.4. The van der Waals surface area contributed by atoms with Gasteiger partial charge in [-0.2, -0.15) is 18.2 Å². The fourth-order valence-electron chi connectivity index (χ4n) is 4.12. The summed E-state index contributed by atoms with van der Waals surface area (Å²) in [5, 5.41) is 9.21. The number of hydrogen-bond donors (Lipinski definition) is 3. The van der Waals surface area contributed by atoms with Gasteiger partial charge in [-0.05, 0) is 25.7 Å². The molecule has 4 rings (SSSR count). The Bertz CT molecular complexity index is 1020. The number of amides is 1. The number of aryl methyl sites for hydroxylation is 1. The van der Waals surface area contributed by atoms with Crippen LogP contribution in [-0.2, 0) is 11.0 Å². The van der Waals surface area contributed by atoms with Gasteiger partial charge in [0.25, 0.3) is 0 Å². The van der Waals surface area contributed by atoms with E-state index in [1.807, 2.05) is 32.7 Å². The van der Waals surface area contributed by atoms with Gasteiger partial charge in [-0.15, -0.1) is 0 Å². The molecule has 0 radical (unpaired) electrons. The van der Waals surface area contributed by atoms with Gasteiger partial charge >= 0.3 is 6.18 Å². The normalized spacial score (nSPS) is 22.8. The summed E-state index contributed by atoms with van der Waals surface area (Å²) in [5.41, 5.74) is 0.296. The van der Waals surface area contributed by atoms with Crippen molar-refractivity contribution in [2.45, 2.75) is 57.9 Å². The summed E-state index contributed by atoms with van der Waals surface area (Å²) in [7, 11) is 1.85. The van der Waals surface area contributed by atoms with Crippen LogP contribution in [-0.4, -0.2) is 51.0 Å². The molecule has 0 spiro atoms. The maximum absolute atomic E-state index is 12.8. The van der Waals surface area contributed by atoms with Crippen LogP contribution in [0.5, 0.6) is 0 Å². The number of carbonyl (C=O) groups excluding carboxylic acids is 1. The third kappa shape index (κ3) is 4.26. The summed E-state index contributed by atoms with van der Waals surface area (Å²) in [4.78, 5) is 30.5. The first kappa shape index (κ1) is 22.0. The number of aromatic nitrogens is 4. The lowest BCUT2D eigenvalue weighted by atomic mass is 9.87. The maximum Gasteiger partial charge on any atom is 0.433 e. The van der Waals surface area contributed by atoms with Crippen LogP contribution in [0.15, 0.2) is 12.4 Å². The molecule has 9 nitrogen and oxygen atoms in total. The smallest absolute Gasteiger partial charge is 0.367 e. The molecule has 32 heavy (non-hydrogen) atoms. The number of halogens is 3. The van der Waals surface area contributed by atoms with Gasteiger partial charge < -0.3 is 20.9 Å². The highest BCUT2D eigenvalue weighted by atomic mass is 19.4. The highest BCUT2D eigenvalue weighted by molar-refractivity contribution is 6.03. The topological polar surface area (TPSA) is 108 Å². The maximum atomic E-state index is 12.8. The highest BCUT2D eigenvalue weighted by Gasteiger charge is 2.37. The number of nitrogens with one attached hydrogen (secondary N) is 3. The predicted octanol–water partition coefficient (Wildman–Crippen LogP) is 3.06. The number of alkyl halides is 3. The Morgan fingerprint density at radius 1 is 1.16 bits per heavy atom. The van der Waals surface area contributed by atoms with Crippen LogP contribution >= 0.6 is 0 Å². The van der Waals surface area contributed by atoms with Crippen molar-refractivity contribution in [3.8, 4) is 0 Å². The van der Waals surface area contributed by atoms with Gasteiger partial charge in [-0.1, -0.05) is 13.8 Å². The Labute approximate surface area is 183 Å². The molecule has 12 heteroatoms. The van der Waals surface area contributed by atoms with Gasteiger partial charge in [0, 0.05) is 25.2 Å². The van der Waals surface area contributed by atoms with Crippen LogP contribution in [0.25, 0.3) is 0 Å². The molecular weight excluding hydrogens is 425 g/mol. The lowest BCUT2D eigenvalue weighted by Crippen LogP contribution is -2.50. The molecule has 1 fully saturated rings. The van der Waals surface area contributed by atoms with E-state index in [-0.39, 0.29) is 35.8 Å². The highest BCUT2D eigenvalue weighted by Crippen LogP contribution is 2.35. The Hall–Kier alpha value is -3.18. The molecule has 1 atom stereocenters. The Morgan fingerprint density at radius 3 is 2.50 bits per heavy atom. The molecule has 3 heterocycles. The van der Waals surface area contributed by atoms with Crippen molar-refractivity contribution in [2.24, 2.45) is 5.92 Å². The molecule has 1 saturated carbocycles. The second-order valence-corrected chi connectivity index (χ2v) is 8.56. The molecule has 0 aromatic carbocycles. The summed E-state index contributed by atoms with van der Waals surface area (Å²) < 4.78 is 38.4. The van der Waals surface area contributed by atoms with Crippen molar-refractivity contribution in [3.63, 3.8) is 0 Å². The molecule has 1 aliphatic carbocycles. The number of likely N-dealkylation sites (N-methyl/N-ethyl adjacent to an activating group) is 1. The van der Waals surface area contributed by atoms with Crippen molar-refractivity contribution < 1.29 is 18.0 Å². The number of nitrogens with zero attached hydrogens (tertiary/aromatic N) is 5. The average molecular weight is 450 g/mol. The van der Waals surface area contributed by atoms with Crippen LogP contribution in [0, 0.1) is 12.8 Å². The van der Waals surface area contributed by atoms with Gasteiger partial charge in [-0.25, -0.2) is 15.0 Å².